The number of aliphatic hydroxyl groups is 1. The van der Waals surface area contributed by atoms with Crippen molar-refractivity contribution in [2.75, 3.05) is 6.61 Å². The fourth-order valence-corrected chi connectivity index (χ4v) is 2.48. The fourth-order valence-electron chi connectivity index (χ4n) is 1.68. The van der Waals surface area contributed by atoms with Crippen LogP contribution < -0.4 is 4.74 Å². The summed E-state index contributed by atoms with van der Waals surface area (Å²) in [6, 6.07) is 7.58. The Morgan fingerprint density at radius 2 is 2.17 bits per heavy atom. The summed E-state index contributed by atoms with van der Waals surface area (Å²) in [5.41, 5.74) is 1.71. The summed E-state index contributed by atoms with van der Waals surface area (Å²) in [5, 5.41) is 13.0. The van der Waals surface area contributed by atoms with E-state index < -0.39 is 6.10 Å². The van der Waals surface area contributed by atoms with E-state index in [4.69, 9.17) is 4.74 Å². The summed E-state index contributed by atoms with van der Waals surface area (Å²) in [6.45, 7) is 4.63. The molecular weight excluding hydrogens is 246 g/mol. The number of nitrogens with zero attached hydrogens (tertiary/aromatic N) is 1. The van der Waals surface area contributed by atoms with Crippen LogP contribution in [0, 0.1) is 6.92 Å². The van der Waals surface area contributed by atoms with Gasteiger partial charge in [0.1, 0.15) is 16.9 Å². The predicted octanol–water partition coefficient (Wildman–Crippen LogP) is 3.32. The van der Waals surface area contributed by atoms with Gasteiger partial charge in [0.15, 0.2) is 0 Å². The van der Waals surface area contributed by atoms with E-state index in [1.165, 1.54) is 11.3 Å². The second-order valence-electron chi connectivity index (χ2n) is 4.12. The summed E-state index contributed by atoms with van der Waals surface area (Å²) in [4.78, 5) is 4.32. The van der Waals surface area contributed by atoms with Crippen molar-refractivity contribution < 1.29 is 9.84 Å². The average molecular weight is 263 g/mol. The number of aliphatic hydroxyl groups excluding tert-OH is 1. The maximum absolute atomic E-state index is 10.4. The highest BCUT2D eigenvalue weighted by molar-refractivity contribution is 7.09. The van der Waals surface area contributed by atoms with Crippen LogP contribution in [-0.4, -0.2) is 16.7 Å². The van der Waals surface area contributed by atoms with Crippen LogP contribution in [0.1, 0.15) is 35.7 Å². The van der Waals surface area contributed by atoms with E-state index in [0.29, 0.717) is 11.6 Å². The van der Waals surface area contributed by atoms with Crippen molar-refractivity contribution in [2.24, 2.45) is 0 Å². The Labute approximate surface area is 111 Å². The van der Waals surface area contributed by atoms with Crippen LogP contribution in [-0.2, 0) is 0 Å². The number of benzene rings is 1. The van der Waals surface area contributed by atoms with Crippen molar-refractivity contribution in [1.82, 2.24) is 4.98 Å². The van der Waals surface area contributed by atoms with Gasteiger partial charge in [0.25, 0.3) is 0 Å². The van der Waals surface area contributed by atoms with Crippen LogP contribution in [0.25, 0.3) is 0 Å². The van der Waals surface area contributed by atoms with Crippen molar-refractivity contribution in [3.63, 3.8) is 0 Å². The zero-order valence-electron chi connectivity index (χ0n) is 10.6. The molecule has 0 saturated heterocycles. The number of aromatic nitrogens is 1. The third-order valence-electron chi connectivity index (χ3n) is 2.55. The van der Waals surface area contributed by atoms with E-state index in [-0.39, 0.29) is 0 Å². The van der Waals surface area contributed by atoms with Crippen molar-refractivity contribution in [2.45, 2.75) is 26.4 Å². The van der Waals surface area contributed by atoms with Gasteiger partial charge in [-0.1, -0.05) is 25.1 Å². The van der Waals surface area contributed by atoms with E-state index in [9.17, 15) is 5.11 Å². The molecule has 1 atom stereocenters. The highest BCUT2D eigenvalue weighted by Gasteiger charge is 2.18. The summed E-state index contributed by atoms with van der Waals surface area (Å²) >= 11 is 1.47. The summed E-state index contributed by atoms with van der Waals surface area (Å²) in [6.07, 6.45) is 0.234. The molecule has 2 aromatic rings. The lowest BCUT2D eigenvalue weighted by molar-refractivity contribution is 0.210. The molecule has 1 unspecified atom stereocenters. The van der Waals surface area contributed by atoms with Gasteiger partial charge in [0.05, 0.1) is 6.61 Å². The highest BCUT2D eigenvalue weighted by Crippen LogP contribution is 2.31. The first-order chi connectivity index (χ1) is 8.72. The monoisotopic (exact) mass is 263 g/mol. The fraction of sp³-hybridized carbons (Fsp3) is 0.357. The van der Waals surface area contributed by atoms with E-state index in [0.717, 1.165) is 23.4 Å². The molecule has 18 heavy (non-hydrogen) atoms. The molecule has 4 heteroatoms. The maximum atomic E-state index is 10.4. The molecule has 0 amide bonds. The Morgan fingerprint density at radius 3 is 2.83 bits per heavy atom. The number of rotatable bonds is 5. The Morgan fingerprint density at radius 1 is 1.39 bits per heavy atom. The lowest BCUT2D eigenvalue weighted by Crippen LogP contribution is -2.04. The normalized spacial score (nSPS) is 12.4. The number of hydrogen-bond donors (Lipinski definition) is 1. The third kappa shape index (κ3) is 2.89. The van der Waals surface area contributed by atoms with Crippen LogP contribution in [0.2, 0.25) is 0 Å². The molecule has 0 spiro atoms. The van der Waals surface area contributed by atoms with Crippen LogP contribution in [0.4, 0.5) is 0 Å². The highest BCUT2D eigenvalue weighted by atomic mass is 32.1. The topological polar surface area (TPSA) is 42.4 Å². The molecular formula is C14H17NO2S. The number of thiazole rings is 1. The summed E-state index contributed by atoms with van der Waals surface area (Å²) < 4.78 is 5.65. The quantitative estimate of drug-likeness (QED) is 0.899. The largest absolute Gasteiger partial charge is 0.493 e. The van der Waals surface area contributed by atoms with Crippen LogP contribution in [0.5, 0.6) is 5.75 Å². The van der Waals surface area contributed by atoms with E-state index in [1.54, 1.807) is 0 Å². The van der Waals surface area contributed by atoms with E-state index in [1.807, 2.05) is 36.6 Å². The number of aryl methyl sites for hydroxylation is 1. The molecule has 1 N–H and O–H groups in total. The maximum Gasteiger partial charge on any atom is 0.134 e. The number of para-hydroxylation sites is 1. The van der Waals surface area contributed by atoms with Gasteiger partial charge in [0, 0.05) is 16.6 Å². The summed E-state index contributed by atoms with van der Waals surface area (Å²) in [5.74, 6) is 0.736. The smallest absolute Gasteiger partial charge is 0.134 e. The molecule has 0 saturated carbocycles. The van der Waals surface area contributed by atoms with Crippen molar-refractivity contribution in [3.05, 3.63) is 45.9 Å². The van der Waals surface area contributed by atoms with E-state index in [2.05, 4.69) is 11.9 Å². The molecule has 0 aliphatic heterocycles. The molecule has 0 aliphatic rings. The SMILES string of the molecule is CCCOc1ccccc1C(O)c1nc(C)cs1. The minimum absolute atomic E-state index is 0.653. The zero-order chi connectivity index (χ0) is 13.0. The predicted molar refractivity (Wildman–Crippen MR) is 73.1 cm³/mol. The van der Waals surface area contributed by atoms with Crippen molar-refractivity contribution in [1.29, 1.82) is 0 Å². The molecule has 1 heterocycles. The third-order valence-corrected chi connectivity index (χ3v) is 3.56. The van der Waals surface area contributed by atoms with Crippen molar-refractivity contribution >= 4 is 11.3 Å². The molecule has 1 aromatic carbocycles. The van der Waals surface area contributed by atoms with Gasteiger partial charge in [-0.25, -0.2) is 4.98 Å². The Balaban J connectivity index is 2.26. The number of ether oxygens (including phenoxy) is 1. The molecule has 3 nitrogen and oxygen atoms in total. The second kappa shape index (κ2) is 5.98. The van der Waals surface area contributed by atoms with Gasteiger partial charge in [-0.2, -0.15) is 0 Å². The average Bonchev–Trinajstić information content (AvgIpc) is 2.82. The first kappa shape index (κ1) is 13.1. The summed E-state index contributed by atoms with van der Waals surface area (Å²) in [7, 11) is 0. The van der Waals surface area contributed by atoms with Gasteiger partial charge < -0.3 is 9.84 Å². The Hall–Kier alpha value is -1.39. The lowest BCUT2D eigenvalue weighted by Gasteiger charge is -2.14. The molecule has 1 aromatic heterocycles. The Bertz CT molecular complexity index is 510. The second-order valence-corrected chi connectivity index (χ2v) is 5.01. The van der Waals surface area contributed by atoms with Gasteiger partial charge in [0.2, 0.25) is 0 Å². The lowest BCUT2D eigenvalue weighted by atomic mass is 10.1. The van der Waals surface area contributed by atoms with Gasteiger partial charge in [-0.15, -0.1) is 11.3 Å². The zero-order valence-corrected chi connectivity index (χ0v) is 11.4. The molecule has 0 radical (unpaired) electrons. The minimum atomic E-state index is -0.711. The first-order valence-corrected chi connectivity index (χ1v) is 6.92. The first-order valence-electron chi connectivity index (χ1n) is 6.04. The van der Waals surface area contributed by atoms with Gasteiger partial charge >= 0.3 is 0 Å². The number of hydrogen-bond acceptors (Lipinski definition) is 4. The van der Waals surface area contributed by atoms with Gasteiger partial charge in [-0.05, 0) is 19.4 Å². The standard InChI is InChI=1S/C14H17NO2S/c1-3-8-17-12-7-5-4-6-11(12)13(16)14-15-10(2)9-18-14/h4-7,9,13,16H,3,8H2,1-2H3. The molecule has 2 rings (SSSR count). The molecule has 0 bridgehead atoms. The van der Waals surface area contributed by atoms with E-state index >= 15 is 0 Å². The Kier molecular flexibility index (Phi) is 4.33. The van der Waals surface area contributed by atoms with Crippen LogP contribution in [0.15, 0.2) is 29.6 Å². The molecule has 96 valence electrons. The van der Waals surface area contributed by atoms with Crippen LogP contribution >= 0.6 is 11.3 Å². The molecule has 0 aliphatic carbocycles. The molecule has 0 fully saturated rings. The van der Waals surface area contributed by atoms with Gasteiger partial charge in [-0.3, -0.25) is 0 Å². The van der Waals surface area contributed by atoms with Crippen LogP contribution in [0.3, 0.4) is 0 Å². The minimum Gasteiger partial charge on any atom is -0.493 e. The van der Waals surface area contributed by atoms with Crippen molar-refractivity contribution in [3.8, 4) is 5.75 Å².